The lowest BCUT2D eigenvalue weighted by molar-refractivity contribution is 0.241. The van der Waals surface area contributed by atoms with Gasteiger partial charge in [0.1, 0.15) is 11.6 Å². The molecule has 0 radical (unpaired) electrons. The standard InChI is InChI=1S/C15H21N5O2/c1-10(8-9-21)16-15(22)18-13-6-4-5-7-14(13)20-12(3)17-11(2)19-20/h4-7,10,21H,8-9H2,1-3H3,(H2,16,18,22)/t10-/m1/s1. The van der Waals surface area contributed by atoms with Crippen LogP contribution in [0.15, 0.2) is 24.3 Å². The summed E-state index contributed by atoms with van der Waals surface area (Å²) in [5.74, 6) is 1.43. The van der Waals surface area contributed by atoms with E-state index in [1.54, 1.807) is 4.68 Å². The number of aliphatic hydroxyl groups is 1. The first-order valence-electron chi connectivity index (χ1n) is 7.19. The second-order valence-corrected chi connectivity index (χ2v) is 5.15. The number of hydrogen-bond donors (Lipinski definition) is 3. The number of nitrogens with zero attached hydrogens (tertiary/aromatic N) is 3. The Kier molecular flexibility index (Phi) is 5.11. The minimum Gasteiger partial charge on any atom is -0.396 e. The molecule has 0 fully saturated rings. The maximum Gasteiger partial charge on any atom is 0.319 e. The van der Waals surface area contributed by atoms with Crippen LogP contribution in [0, 0.1) is 13.8 Å². The predicted molar refractivity (Wildman–Crippen MR) is 84.2 cm³/mol. The predicted octanol–water partition coefficient (Wildman–Crippen LogP) is 1.78. The topological polar surface area (TPSA) is 92.1 Å². The van der Waals surface area contributed by atoms with Gasteiger partial charge in [-0.15, -0.1) is 0 Å². The molecule has 0 aliphatic carbocycles. The van der Waals surface area contributed by atoms with E-state index in [1.165, 1.54) is 0 Å². The highest BCUT2D eigenvalue weighted by Gasteiger charge is 2.12. The lowest BCUT2D eigenvalue weighted by Crippen LogP contribution is -2.36. The van der Waals surface area contributed by atoms with Crippen molar-refractivity contribution in [1.29, 1.82) is 0 Å². The molecule has 2 amide bonds. The van der Waals surface area contributed by atoms with Crippen molar-refractivity contribution in [3.05, 3.63) is 35.9 Å². The van der Waals surface area contributed by atoms with Crippen LogP contribution in [0.4, 0.5) is 10.5 Å². The van der Waals surface area contributed by atoms with E-state index >= 15 is 0 Å². The van der Waals surface area contributed by atoms with Crippen molar-refractivity contribution >= 4 is 11.7 Å². The van der Waals surface area contributed by atoms with Crippen LogP contribution in [0.3, 0.4) is 0 Å². The van der Waals surface area contributed by atoms with Crippen LogP contribution in [0.1, 0.15) is 25.0 Å². The van der Waals surface area contributed by atoms with Crippen molar-refractivity contribution in [2.75, 3.05) is 11.9 Å². The molecule has 1 atom stereocenters. The third-order valence-corrected chi connectivity index (χ3v) is 3.19. The Morgan fingerprint density at radius 1 is 1.36 bits per heavy atom. The SMILES string of the molecule is Cc1nc(C)n(-c2ccccc2NC(=O)N[C@H](C)CCO)n1. The Hall–Kier alpha value is -2.41. The van der Waals surface area contributed by atoms with E-state index < -0.39 is 0 Å². The minimum atomic E-state index is -0.317. The monoisotopic (exact) mass is 303 g/mol. The molecule has 2 rings (SSSR count). The Balaban J connectivity index is 2.19. The van der Waals surface area contributed by atoms with Crippen molar-refractivity contribution in [2.24, 2.45) is 0 Å². The summed E-state index contributed by atoms with van der Waals surface area (Å²) >= 11 is 0. The van der Waals surface area contributed by atoms with Gasteiger partial charge in [0.05, 0.1) is 11.4 Å². The summed E-state index contributed by atoms with van der Waals surface area (Å²) in [5, 5.41) is 18.8. The first kappa shape index (κ1) is 16.0. The van der Waals surface area contributed by atoms with Gasteiger partial charge in [-0.3, -0.25) is 0 Å². The normalized spacial score (nSPS) is 12.0. The Labute approximate surface area is 129 Å². The third-order valence-electron chi connectivity index (χ3n) is 3.19. The van der Waals surface area contributed by atoms with Crippen LogP contribution in [-0.4, -0.2) is 38.6 Å². The molecule has 22 heavy (non-hydrogen) atoms. The summed E-state index contributed by atoms with van der Waals surface area (Å²) in [7, 11) is 0. The number of hydrogen-bond acceptors (Lipinski definition) is 4. The van der Waals surface area contributed by atoms with E-state index in [0.717, 1.165) is 11.5 Å². The summed E-state index contributed by atoms with van der Waals surface area (Å²) in [6.07, 6.45) is 0.510. The number of urea groups is 1. The second kappa shape index (κ2) is 7.04. The molecule has 1 aromatic heterocycles. The number of anilines is 1. The summed E-state index contributed by atoms with van der Waals surface area (Å²) < 4.78 is 1.70. The quantitative estimate of drug-likeness (QED) is 0.785. The average Bonchev–Trinajstić information content (AvgIpc) is 2.78. The zero-order valence-electron chi connectivity index (χ0n) is 13.0. The molecular formula is C15H21N5O2. The van der Waals surface area contributed by atoms with Crippen LogP contribution in [-0.2, 0) is 0 Å². The fraction of sp³-hybridized carbons (Fsp3) is 0.400. The van der Waals surface area contributed by atoms with Crippen molar-refractivity contribution in [1.82, 2.24) is 20.1 Å². The van der Waals surface area contributed by atoms with Gasteiger partial charge in [0.15, 0.2) is 0 Å². The second-order valence-electron chi connectivity index (χ2n) is 5.15. The van der Waals surface area contributed by atoms with Gasteiger partial charge in [0, 0.05) is 12.6 Å². The number of nitrogens with one attached hydrogen (secondary N) is 2. The molecule has 0 aliphatic rings. The van der Waals surface area contributed by atoms with Crippen molar-refractivity contribution in [2.45, 2.75) is 33.2 Å². The van der Waals surface area contributed by atoms with Crippen LogP contribution >= 0.6 is 0 Å². The van der Waals surface area contributed by atoms with E-state index in [0.29, 0.717) is 17.9 Å². The molecule has 0 spiro atoms. The fourth-order valence-electron chi connectivity index (χ4n) is 2.16. The molecule has 0 saturated carbocycles. The van der Waals surface area contributed by atoms with Crippen LogP contribution in [0.25, 0.3) is 5.69 Å². The summed E-state index contributed by atoms with van der Waals surface area (Å²) in [5.41, 5.74) is 1.40. The summed E-state index contributed by atoms with van der Waals surface area (Å²) in [6, 6.07) is 6.98. The average molecular weight is 303 g/mol. The molecule has 2 aromatic rings. The van der Waals surface area contributed by atoms with E-state index in [1.807, 2.05) is 45.0 Å². The van der Waals surface area contributed by atoms with E-state index in [-0.39, 0.29) is 18.7 Å². The molecule has 0 saturated heterocycles. The summed E-state index contributed by atoms with van der Waals surface area (Å²) in [4.78, 5) is 16.3. The van der Waals surface area contributed by atoms with Gasteiger partial charge >= 0.3 is 6.03 Å². The fourth-order valence-corrected chi connectivity index (χ4v) is 2.16. The Morgan fingerprint density at radius 2 is 2.09 bits per heavy atom. The van der Waals surface area contributed by atoms with Gasteiger partial charge in [0.2, 0.25) is 0 Å². The Bertz CT molecular complexity index is 653. The zero-order valence-corrected chi connectivity index (χ0v) is 13.0. The van der Waals surface area contributed by atoms with E-state index in [4.69, 9.17) is 5.11 Å². The van der Waals surface area contributed by atoms with E-state index in [2.05, 4.69) is 20.7 Å². The highest BCUT2D eigenvalue weighted by atomic mass is 16.3. The van der Waals surface area contributed by atoms with Crippen molar-refractivity contribution in [3.63, 3.8) is 0 Å². The van der Waals surface area contributed by atoms with Crippen molar-refractivity contribution in [3.8, 4) is 5.69 Å². The molecule has 0 aliphatic heterocycles. The molecule has 1 heterocycles. The van der Waals surface area contributed by atoms with Gasteiger partial charge < -0.3 is 15.7 Å². The first-order chi connectivity index (χ1) is 10.5. The molecule has 0 unspecified atom stereocenters. The minimum absolute atomic E-state index is 0.0372. The first-order valence-corrected chi connectivity index (χ1v) is 7.19. The molecule has 1 aromatic carbocycles. The number of carbonyl (C=O) groups is 1. The van der Waals surface area contributed by atoms with Crippen molar-refractivity contribution < 1.29 is 9.90 Å². The van der Waals surface area contributed by atoms with Gasteiger partial charge in [-0.25, -0.2) is 14.5 Å². The molecular weight excluding hydrogens is 282 g/mol. The third kappa shape index (κ3) is 3.82. The summed E-state index contributed by atoms with van der Waals surface area (Å²) in [6.45, 7) is 5.56. The zero-order chi connectivity index (χ0) is 16.1. The van der Waals surface area contributed by atoms with Crippen LogP contribution < -0.4 is 10.6 Å². The molecule has 3 N–H and O–H groups in total. The maximum atomic E-state index is 12.0. The molecule has 7 heteroatoms. The lowest BCUT2D eigenvalue weighted by Gasteiger charge is -2.15. The van der Waals surface area contributed by atoms with Gasteiger partial charge in [-0.2, -0.15) is 5.10 Å². The van der Waals surface area contributed by atoms with Gasteiger partial charge in [-0.1, -0.05) is 12.1 Å². The highest BCUT2D eigenvalue weighted by molar-refractivity contribution is 5.91. The largest absolute Gasteiger partial charge is 0.396 e. The number of para-hydroxylation sites is 2. The Morgan fingerprint density at radius 3 is 2.73 bits per heavy atom. The smallest absolute Gasteiger partial charge is 0.319 e. The molecule has 0 bridgehead atoms. The number of amides is 2. The number of rotatable bonds is 5. The van der Waals surface area contributed by atoms with Gasteiger partial charge in [-0.05, 0) is 39.3 Å². The number of aromatic nitrogens is 3. The number of benzene rings is 1. The van der Waals surface area contributed by atoms with E-state index in [9.17, 15) is 4.79 Å². The van der Waals surface area contributed by atoms with Gasteiger partial charge in [0.25, 0.3) is 0 Å². The van der Waals surface area contributed by atoms with Crippen LogP contribution in [0.5, 0.6) is 0 Å². The molecule has 118 valence electrons. The number of aliphatic hydroxyl groups excluding tert-OH is 1. The maximum absolute atomic E-state index is 12.0. The number of aryl methyl sites for hydroxylation is 2. The van der Waals surface area contributed by atoms with Crippen LogP contribution in [0.2, 0.25) is 0 Å². The lowest BCUT2D eigenvalue weighted by atomic mass is 10.2. The highest BCUT2D eigenvalue weighted by Crippen LogP contribution is 2.20. The number of carbonyl (C=O) groups excluding carboxylic acids is 1. The molecule has 7 nitrogen and oxygen atoms in total.